The number of pyridine rings is 1. The predicted molar refractivity (Wildman–Crippen MR) is 65.6 cm³/mol. The summed E-state index contributed by atoms with van der Waals surface area (Å²) in [5, 5.41) is 11.1. The standard InChI is InChI=1S/C11H7BrN2O4/c12-6-1-4-9(13-5-6)14-10(15)7-2-3-8(18-7)11(16)17/h1-5H,(H,16,17)(H,13,14,15). The van der Waals surface area contributed by atoms with E-state index in [2.05, 4.69) is 26.2 Å². The Morgan fingerprint density at radius 2 is 1.94 bits per heavy atom. The number of hydrogen-bond acceptors (Lipinski definition) is 4. The van der Waals surface area contributed by atoms with Crippen molar-refractivity contribution in [2.45, 2.75) is 0 Å². The predicted octanol–water partition coefficient (Wildman–Crippen LogP) is 2.39. The first kappa shape index (κ1) is 12.3. The molecule has 0 spiro atoms. The lowest BCUT2D eigenvalue weighted by Crippen LogP contribution is -2.11. The van der Waals surface area contributed by atoms with E-state index in [-0.39, 0.29) is 11.5 Å². The van der Waals surface area contributed by atoms with Crippen molar-refractivity contribution in [1.82, 2.24) is 4.98 Å². The molecule has 92 valence electrons. The molecule has 0 unspecified atom stereocenters. The van der Waals surface area contributed by atoms with E-state index < -0.39 is 11.9 Å². The van der Waals surface area contributed by atoms with Crippen LogP contribution in [0.4, 0.5) is 5.82 Å². The van der Waals surface area contributed by atoms with Gasteiger partial charge in [-0.15, -0.1) is 0 Å². The first-order valence-electron chi connectivity index (χ1n) is 4.82. The summed E-state index contributed by atoms with van der Waals surface area (Å²) in [5.41, 5.74) is 0. The van der Waals surface area contributed by atoms with E-state index in [4.69, 9.17) is 9.52 Å². The minimum atomic E-state index is -1.23. The van der Waals surface area contributed by atoms with Crippen molar-refractivity contribution in [1.29, 1.82) is 0 Å². The highest BCUT2D eigenvalue weighted by Gasteiger charge is 2.15. The highest BCUT2D eigenvalue weighted by Crippen LogP contribution is 2.13. The van der Waals surface area contributed by atoms with Crippen LogP contribution in [0.25, 0.3) is 0 Å². The lowest BCUT2D eigenvalue weighted by atomic mass is 10.4. The number of carbonyl (C=O) groups excluding carboxylic acids is 1. The van der Waals surface area contributed by atoms with Crippen molar-refractivity contribution in [2.24, 2.45) is 0 Å². The third kappa shape index (κ3) is 2.75. The van der Waals surface area contributed by atoms with Crippen LogP contribution in [0.15, 0.2) is 39.4 Å². The fourth-order valence-electron chi connectivity index (χ4n) is 1.20. The Bertz CT molecular complexity index is 591. The molecule has 0 bridgehead atoms. The van der Waals surface area contributed by atoms with E-state index >= 15 is 0 Å². The summed E-state index contributed by atoms with van der Waals surface area (Å²) in [6.07, 6.45) is 1.53. The maximum atomic E-state index is 11.7. The molecule has 0 atom stereocenters. The third-order valence-electron chi connectivity index (χ3n) is 2.01. The van der Waals surface area contributed by atoms with Gasteiger partial charge in [-0.05, 0) is 40.2 Å². The van der Waals surface area contributed by atoms with Crippen LogP contribution in [0.2, 0.25) is 0 Å². The number of halogens is 1. The second-order valence-corrected chi connectivity index (χ2v) is 4.20. The molecule has 0 radical (unpaired) electrons. The monoisotopic (exact) mass is 310 g/mol. The Balaban J connectivity index is 2.11. The number of aromatic nitrogens is 1. The van der Waals surface area contributed by atoms with Gasteiger partial charge in [0.05, 0.1) is 0 Å². The van der Waals surface area contributed by atoms with E-state index in [1.54, 1.807) is 12.1 Å². The van der Waals surface area contributed by atoms with Crippen molar-refractivity contribution in [2.75, 3.05) is 5.32 Å². The highest BCUT2D eigenvalue weighted by atomic mass is 79.9. The zero-order chi connectivity index (χ0) is 13.1. The van der Waals surface area contributed by atoms with Gasteiger partial charge in [-0.2, -0.15) is 0 Å². The summed E-state index contributed by atoms with van der Waals surface area (Å²) in [6, 6.07) is 5.82. The van der Waals surface area contributed by atoms with E-state index in [0.717, 1.165) is 4.47 Å². The maximum Gasteiger partial charge on any atom is 0.371 e. The highest BCUT2D eigenvalue weighted by molar-refractivity contribution is 9.10. The van der Waals surface area contributed by atoms with E-state index in [0.29, 0.717) is 5.82 Å². The second kappa shape index (κ2) is 5.01. The van der Waals surface area contributed by atoms with Crippen molar-refractivity contribution in [3.63, 3.8) is 0 Å². The van der Waals surface area contributed by atoms with Crippen molar-refractivity contribution in [3.8, 4) is 0 Å². The van der Waals surface area contributed by atoms with Gasteiger partial charge in [-0.3, -0.25) is 4.79 Å². The third-order valence-corrected chi connectivity index (χ3v) is 2.48. The number of hydrogen-bond donors (Lipinski definition) is 2. The summed E-state index contributed by atoms with van der Waals surface area (Å²) in [6.45, 7) is 0. The van der Waals surface area contributed by atoms with Gasteiger partial charge in [0, 0.05) is 10.7 Å². The molecule has 1 amide bonds. The number of carbonyl (C=O) groups is 2. The Morgan fingerprint density at radius 3 is 2.50 bits per heavy atom. The maximum absolute atomic E-state index is 11.7. The molecule has 0 aromatic carbocycles. The number of anilines is 1. The summed E-state index contributed by atoms with van der Waals surface area (Å²) < 4.78 is 5.64. The normalized spacial score (nSPS) is 10.1. The average Bonchev–Trinajstić information content (AvgIpc) is 2.81. The minimum absolute atomic E-state index is 0.0860. The van der Waals surface area contributed by atoms with E-state index in [1.807, 2.05) is 0 Å². The van der Waals surface area contributed by atoms with Gasteiger partial charge in [0.15, 0.2) is 5.76 Å². The molecule has 0 aliphatic carbocycles. The van der Waals surface area contributed by atoms with Gasteiger partial charge in [-0.1, -0.05) is 0 Å². The fourth-order valence-corrected chi connectivity index (χ4v) is 1.44. The van der Waals surface area contributed by atoms with Crippen molar-refractivity contribution < 1.29 is 19.1 Å². The van der Waals surface area contributed by atoms with Crippen molar-refractivity contribution >= 4 is 33.6 Å². The Hall–Kier alpha value is -2.15. The molecule has 0 saturated carbocycles. The SMILES string of the molecule is O=C(O)c1ccc(C(=O)Nc2ccc(Br)cn2)o1. The lowest BCUT2D eigenvalue weighted by Gasteiger charge is -2.01. The van der Waals surface area contributed by atoms with Crippen LogP contribution < -0.4 is 5.32 Å². The van der Waals surface area contributed by atoms with E-state index in [1.165, 1.54) is 18.3 Å². The first-order valence-corrected chi connectivity index (χ1v) is 5.61. The Kier molecular flexibility index (Phi) is 3.42. The summed E-state index contributed by atoms with van der Waals surface area (Å²) in [7, 11) is 0. The molecule has 7 heteroatoms. The molecule has 0 aliphatic rings. The number of nitrogens with zero attached hydrogens (tertiary/aromatic N) is 1. The zero-order valence-electron chi connectivity index (χ0n) is 8.88. The van der Waals surface area contributed by atoms with Crippen LogP contribution >= 0.6 is 15.9 Å². The smallest absolute Gasteiger partial charge is 0.371 e. The average molecular weight is 311 g/mol. The quantitative estimate of drug-likeness (QED) is 0.908. The summed E-state index contributed by atoms with van der Waals surface area (Å²) in [5.74, 6) is -1.81. The molecular formula is C11H7BrN2O4. The van der Waals surface area contributed by atoms with Crippen LogP contribution in [0.5, 0.6) is 0 Å². The molecule has 0 saturated heterocycles. The molecule has 2 rings (SSSR count). The second-order valence-electron chi connectivity index (χ2n) is 3.28. The first-order chi connectivity index (χ1) is 8.56. The lowest BCUT2D eigenvalue weighted by molar-refractivity contribution is 0.0660. The number of aromatic carboxylic acids is 1. The Labute approximate surface area is 110 Å². The molecular weight excluding hydrogens is 304 g/mol. The molecule has 2 aromatic rings. The van der Waals surface area contributed by atoms with Crippen LogP contribution in [-0.2, 0) is 0 Å². The molecule has 2 N–H and O–H groups in total. The number of amides is 1. The molecule has 6 nitrogen and oxygen atoms in total. The topological polar surface area (TPSA) is 92.4 Å². The van der Waals surface area contributed by atoms with E-state index in [9.17, 15) is 9.59 Å². The van der Waals surface area contributed by atoms with Gasteiger partial charge in [0.25, 0.3) is 5.91 Å². The summed E-state index contributed by atoms with van der Waals surface area (Å²) >= 11 is 3.22. The number of furan rings is 1. The number of rotatable bonds is 3. The number of nitrogens with one attached hydrogen (secondary N) is 1. The fraction of sp³-hybridized carbons (Fsp3) is 0. The largest absolute Gasteiger partial charge is 0.475 e. The van der Waals surface area contributed by atoms with Crippen LogP contribution in [0.1, 0.15) is 21.1 Å². The van der Waals surface area contributed by atoms with Gasteiger partial charge >= 0.3 is 5.97 Å². The summed E-state index contributed by atoms with van der Waals surface area (Å²) in [4.78, 5) is 26.2. The zero-order valence-corrected chi connectivity index (χ0v) is 10.5. The molecule has 0 fully saturated rings. The van der Waals surface area contributed by atoms with Gasteiger partial charge in [0.1, 0.15) is 5.82 Å². The van der Waals surface area contributed by atoms with Gasteiger partial charge in [-0.25, -0.2) is 9.78 Å². The molecule has 2 aromatic heterocycles. The minimum Gasteiger partial charge on any atom is -0.475 e. The van der Waals surface area contributed by atoms with Crippen molar-refractivity contribution in [3.05, 3.63) is 46.5 Å². The van der Waals surface area contributed by atoms with Gasteiger partial charge in [0.2, 0.25) is 5.76 Å². The van der Waals surface area contributed by atoms with Crippen LogP contribution in [-0.4, -0.2) is 22.0 Å². The number of carboxylic acids is 1. The molecule has 0 aliphatic heterocycles. The molecule has 2 heterocycles. The number of carboxylic acid groups (broad SMARTS) is 1. The van der Waals surface area contributed by atoms with Gasteiger partial charge < -0.3 is 14.8 Å². The molecule has 18 heavy (non-hydrogen) atoms. The van der Waals surface area contributed by atoms with Crippen LogP contribution in [0, 0.1) is 0 Å². The van der Waals surface area contributed by atoms with Crippen LogP contribution in [0.3, 0.4) is 0 Å². The Morgan fingerprint density at radius 1 is 1.22 bits per heavy atom.